The van der Waals surface area contributed by atoms with Crippen molar-refractivity contribution in [3.05, 3.63) is 102 Å². The van der Waals surface area contributed by atoms with E-state index >= 15 is 0 Å². The van der Waals surface area contributed by atoms with Crippen molar-refractivity contribution < 1.29 is 4.79 Å². The third-order valence-corrected chi connectivity index (χ3v) is 6.50. The van der Waals surface area contributed by atoms with Gasteiger partial charge in [-0.3, -0.25) is 4.79 Å². The Morgan fingerprint density at radius 3 is 2.30 bits per heavy atom. The molecule has 0 fully saturated rings. The smallest absolute Gasteiger partial charge is 0.270 e. The molecule has 1 aliphatic carbocycles. The van der Waals surface area contributed by atoms with Crippen molar-refractivity contribution >= 4 is 5.91 Å². The SMILES string of the molecule is CCn1c(-c2ccccc2)nc(-c2ccccc2)c1C(=O)NC1CCCCc2ccccc21. The van der Waals surface area contributed by atoms with Gasteiger partial charge in [-0.05, 0) is 37.3 Å². The zero-order chi connectivity index (χ0) is 22.6. The first-order valence-corrected chi connectivity index (χ1v) is 11.9. The Balaban J connectivity index is 1.59. The molecule has 1 aliphatic rings. The number of nitrogens with zero attached hydrogens (tertiary/aromatic N) is 2. The minimum absolute atomic E-state index is 0.0141. The van der Waals surface area contributed by atoms with E-state index in [2.05, 4.69) is 41.1 Å². The molecule has 0 radical (unpaired) electrons. The lowest BCUT2D eigenvalue weighted by atomic mass is 9.99. The zero-order valence-electron chi connectivity index (χ0n) is 19.0. The van der Waals surface area contributed by atoms with Crippen molar-refractivity contribution in [2.75, 3.05) is 0 Å². The van der Waals surface area contributed by atoms with E-state index in [1.165, 1.54) is 11.1 Å². The average molecular weight is 436 g/mol. The molecule has 0 bridgehead atoms. The normalized spacial score (nSPS) is 15.5. The van der Waals surface area contributed by atoms with Gasteiger partial charge in [-0.15, -0.1) is 0 Å². The van der Waals surface area contributed by atoms with Crippen LogP contribution in [-0.2, 0) is 13.0 Å². The zero-order valence-corrected chi connectivity index (χ0v) is 19.0. The highest BCUT2D eigenvalue weighted by Gasteiger charge is 2.27. The quantitative estimate of drug-likeness (QED) is 0.367. The molecule has 0 saturated heterocycles. The van der Waals surface area contributed by atoms with Gasteiger partial charge in [0.1, 0.15) is 17.2 Å². The van der Waals surface area contributed by atoms with E-state index in [4.69, 9.17) is 4.98 Å². The monoisotopic (exact) mass is 435 g/mol. The minimum Gasteiger partial charge on any atom is -0.344 e. The topological polar surface area (TPSA) is 46.9 Å². The van der Waals surface area contributed by atoms with Gasteiger partial charge in [0.2, 0.25) is 0 Å². The summed E-state index contributed by atoms with van der Waals surface area (Å²) in [6.45, 7) is 2.73. The summed E-state index contributed by atoms with van der Waals surface area (Å²) in [6, 6.07) is 28.7. The molecule has 1 unspecified atom stereocenters. The Morgan fingerprint density at radius 2 is 1.58 bits per heavy atom. The van der Waals surface area contributed by atoms with E-state index in [1.807, 2.05) is 60.7 Å². The van der Waals surface area contributed by atoms with E-state index in [1.54, 1.807) is 0 Å². The summed E-state index contributed by atoms with van der Waals surface area (Å²) in [4.78, 5) is 18.9. The number of aromatic nitrogens is 2. The maximum absolute atomic E-state index is 13.9. The first-order valence-electron chi connectivity index (χ1n) is 11.9. The van der Waals surface area contributed by atoms with E-state index in [0.717, 1.165) is 48.3 Å². The van der Waals surface area contributed by atoms with Gasteiger partial charge in [0.25, 0.3) is 5.91 Å². The van der Waals surface area contributed by atoms with Crippen molar-refractivity contribution in [1.82, 2.24) is 14.9 Å². The van der Waals surface area contributed by atoms with Crippen LogP contribution in [0.1, 0.15) is 53.8 Å². The number of carbonyl (C=O) groups is 1. The van der Waals surface area contributed by atoms with Gasteiger partial charge in [-0.25, -0.2) is 4.98 Å². The number of carbonyl (C=O) groups excluding carboxylic acids is 1. The van der Waals surface area contributed by atoms with Gasteiger partial charge < -0.3 is 9.88 Å². The number of fused-ring (bicyclic) bond motifs is 1. The fourth-order valence-electron chi connectivity index (χ4n) is 4.89. The molecule has 1 heterocycles. The van der Waals surface area contributed by atoms with Crippen molar-refractivity contribution in [3.8, 4) is 22.6 Å². The molecule has 4 aromatic rings. The lowest BCUT2D eigenvalue weighted by Crippen LogP contribution is -2.31. The Morgan fingerprint density at radius 1 is 0.909 bits per heavy atom. The van der Waals surface area contributed by atoms with E-state index in [-0.39, 0.29) is 11.9 Å². The molecule has 1 amide bonds. The number of amides is 1. The third kappa shape index (κ3) is 4.21. The molecule has 5 rings (SSSR count). The molecule has 0 spiro atoms. The molecule has 0 aliphatic heterocycles. The van der Waals surface area contributed by atoms with Crippen LogP contribution >= 0.6 is 0 Å². The molecule has 0 saturated carbocycles. The van der Waals surface area contributed by atoms with Crippen molar-refractivity contribution in [1.29, 1.82) is 0 Å². The van der Waals surface area contributed by atoms with Crippen LogP contribution in [0.4, 0.5) is 0 Å². The summed E-state index contributed by atoms with van der Waals surface area (Å²) in [7, 11) is 0. The van der Waals surface area contributed by atoms with Crippen LogP contribution in [0.15, 0.2) is 84.9 Å². The Bertz CT molecular complexity index is 1240. The van der Waals surface area contributed by atoms with Crippen LogP contribution < -0.4 is 5.32 Å². The number of nitrogens with one attached hydrogen (secondary N) is 1. The van der Waals surface area contributed by atoms with Crippen molar-refractivity contribution in [2.45, 2.75) is 45.2 Å². The van der Waals surface area contributed by atoms with Gasteiger partial charge in [0.15, 0.2) is 0 Å². The predicted molar refractivity (Wildman–Crippen MR) is 133 cm³/mol. The summed E-state index contributed by atoms with van der Waals surface area (Å²) < 4.78 is 2.05. The third-order valence-electron chi connectivity index (χ3n) is 6.50. The van der Waals surface area contributed by atoms with Gasteiger partial charge in [0.05, 0.1) is 6.04 Å². The summed E-state index contributed by atoms with van der Waals surface area (Å²) in [5, 5.41) is 3.38. The molecule has 4 nitrogen and oxygen atoms in total. The Kier molecular flexibility index (Phi) is 6.07. The van der Waals surface area contributed by atoms with E-state index in [0.29, 0.717) is 12.2 Å². The highest BCUT2D eigenvalue weighted by atomic mass is 16.2. The number of hydrogen-bond donors (Lipinski definition) is 1. The van der Waals surface area contributed by atoms with Crippen LogP contribution in [0.2, 0.25) is 0 Å². The van der Waals surface area contributed by atoms with Crippen LogP contribution in [0, 0.1) is 0 Å². The standard InChI is InChI=1S/C29H29N3O/c1-2-32-27(29(33)30-25-20-12-10-14-21-13-9-11-19-24(21)25)26(22-15-5-3-6-16-22)31-28(32)23-17-7-4-8-18-23/h3-9,11,13,15-19,25H,2,10,12,14,20H2,1H3,(H,30,33). The largest absolute Gasteiger partial charge is 0.344 e. The Hall–Kier alpha value is -3.66. The number of aryl methyl sites for hydroxylation is 1. The fraction of sp³-hybridized carbons (Fsp3) is 0.241. The highest BCUT2D eigenvalue weighted by molar-refractivity contribution is 5.99. The molecule has 1 N–H and O–H groups in total. The molecule has 4 heteroatoms. The molecule has 166 valence electrons. The lowest BCUT2D eigenvalue weighted by molar-refractivity contribution is 0.0926. The van der Waals surface area contributed by atoms with Gasteiger partial charge in [0, 0.05) is 17.7 Å². The van der Waals surface area contributed by atoms with Gasteiger partial charge in [-0.2, -0.15) is 0 Å². The van der Waals surface area contributed by atoms with Crippen LogP contribution in [0.5, 0.6) is 0 Å². The Labute approximate surface area is 195 Å². The van der Waals surface area contributed by atoms with Crippen LogP contribution in [0.25, 0.3) is 22.6 Å². The maximum Gasteiger partial charge on any atom is 0.270 e. The second-order valence-electron chi connectivity index (χ2n) is 8.58. The number of imidazole rings is 1. The molecule has 33 heavy (non-hydrogen) atoms. The van der Waals surface area contributed by atoms with Gasteiger partial charge >= 0.3 is 0 Å². The molecular formula is C29H29N3O. The van der Waals surface area contributed by atoms with Crippen molar-refractivity contribution in [3.63, 3.8) is 0 Å². The summed E-state index contributed by atoms with van der Waals surface area (Å²) >= 11 is 0. The highest BCUT2D eigenvalue weighted by Crippen LogP contribution is 2.32. The van der Waals surface area contributed by atoms with Crippen LogP contribution in [-0.4, -0.2) is 15.5 Å². The number of rotatable bonds is 5. The maximum atomic E-state index is 13.9. The first kappa shape index (κ1) is 21.2. The predicted octanol–water partition coefficient (Wildman–Crippen LogP) is 6.43. The van der Waals surface area contributed by atoms with Gasteiger partial charge in [-0.1, -0.05) is 91.3 Å². The summed E-state index contributed by atoms with van der Waals surface area (Å²) in [6.07, 6.45) is 4.29. The summed E-state index contributed by atoms with van der Waals surface area (Å²) in [5.41, 5.74) is 5.91. The summed E-state index contributed by atoms with van der Waals surface area (Å²) in [5.74, 6) is 0.760. The van der Waals surface area contributed by atoms with Crippen LogP contribution in [0.3, 0.4) is 0 Å². The molecule has 1 atom stereocenters. The molecule has 3 aromatic carbocycles. The fourth-order valence-corrected chi connectivity index (χ4v) is 4.89. The second kappa shape index (κ2) is 9.45. The van der Waals surface area contributed by atoms with E-state index in [9.17, 15) is 4.79 Å². The molecular weight excluding hydrogens is 406 g/mol. The average Bonchev–Trinajstić information content (AvgIpc) is 3.15. The first-order chi connectivity index (χ1) is 16.3. The van der Waals surface area contributed by atoms with E-state index < -0.39 is 0 Å². The number of hydrogen-bond acceptors (Lipinski definition) is 2. The number of benzene rings is 3. The lowest BCUT2D eigenvalue weighted by Gasteiger charge is -2.20. The molecule has 1 aromatic heterocycles. The minimum atomic E-state index is -0.0629. The second-order valence-corrected chi connectivity index (χ2v) is 8.58. The van der Waals surface area contributed by atoms with Crippen molar-refractivity contribution in [2.24, 2.45) is 0 Å².